The van der Waals surface area contributed by atoms with E-state index < -0.39 is 0 Å². The molecule has 0 amide bonds. The summed E-state index contributed by atoms with van der Waals surface area (Å²) in [5.74, 6) is 0.832. The summed E-state index contributed by atoms with van der Waals surface area (Å²) in [7, 11) is 4.39. The molecule has 1 aromatic carbocycles. The number of nitrogens with zero attached hydrogens (tertiary/aromatic N) is 1. The summed E-state index contributed by atoms with van der Waals surface area (Å²) in [4.78, 5) is 2.36. The number of nitrogens with one attached hydrogen (secondary N) is 1. The molecule has 0 aliphatic carbocycles. The molecule has 2 unspecified atom stereocenters. The Morgan fingerprint density at radius 2 is 2.06 bits per heavy atom. The molecule has 2 rings (SSSR count). The first-order valence-corrected chi connectivity index (χ1v) is 7.02. The Morgan fingerprint density at radius 1 is 1.28 bits per heavy atom. The van der Waals surface area contributed by atoms with Gasteiger partial charge in [0.15, 0.2) is 0 Å². The Labute approximate surface area is 111 Å². The summed E-state index contributed by atoms with van der Waals surface area (Å²) < 4.78 is 0. The number of rotatable bonds is 4. The van der Waals surface area contributed by atoms with Crippen molar-refractivity contribution >= 4 is 0 Å². The highest BCUT2D eigenvalue weighted by molar-refractivity contribution is 5.31. The van der Waals surface area contributed by atoms with E-state index in [0.717, 1.165) is 5.92 Å². The van der Waals surface area contributed by atoms with Gasteiger partial charge in [-0.3, -0.25) is 0 Å². The molecule has 0 spiro atoms. The van der Waals surface area contributed by atoms with Crippen LogP contribution in [0.25, 0.3) is 0 Å². The number of benzene rings is 1. The van der Waals surface area contributed by atoms with Gasteiger partial charge in [0.1, 0.15) is 0 Å². The van der Waals surface area contributed by atoms with Gasteiger partial charge in [0.05, 0.1) is 0 Å². The lowest BCUT2D eigenvalue weighted by Gasteiger charge is -2.27. The highest BCUT2D eigenvalue weighted by Gasteiger charge is 2.22. The molecule has 1 heterocycles. The van der Waals surface area contributed by atoms with E-state index in [1.807, 2.05) is 0 Å². The zero-order valence-electron chi connectivity index (χ0n) is 12.2. The molecule has 0 aromatic heterocycles. The van der Waals surface area contributed by atoms with Crippen molar-refractivity contribution in [2.75, 3.05) is 27.2 Å². The Morgan fingerprint density at radius 3 is 2.61 bits per heavy atom. The molecule has 18 heavy (non-hydrogen) atoms. The third-order valence-electron chi connectivity index (χ3n) is 4.26. The van der Waals surface area contributed by atoms with E-state index in [1.165, 1.54) is 42.6 Å². The minimum Gasteiger partial charge on any atom is -0.316 e. The van der Waals surface area contributed by atoms with Crippen LogP contribution in [0.5, 0.6) is 0 Å². The number of hydrogen-bond acceptors (Lipinski definition) is 2. The van der Waals surface area contributed by atoms with Crippen LogP contribution in [0.2, 0.25) is 0 Å². The first-order valence-electron chi connectivity index (χ1n) is 7.02. The van der Waals surface area contributed by atoms with Gasteiger partial charge in [0.2, 0.25) is 0 Å². The van der Waals surface area contributed by atoms with Gasteiger partial charge in [-0.2, -0.15) is 0 Å². The van der Waals surface area contributed by atoms with Crippen molar-refractivity contribution in [3.05, 3.63) is 34.9 Å². The zero-order valence-corrected chi connectivity index (χ0v) is 12.2. The van der Waals surface area contributed by atoms with E-state index in [4.69, 9.17) is 0 Å². The molecule has 0 bridgehead atoms. The SMILES string of the molecule is Cc1ccc(C(CC2CCNC2)N(C)C)cc1C. The quantitative estimate of drug-likeness (QED) is 0.879. The van der Waals surface area contributed by atoms with Crippen LogP contribution in [-0.2, 0) is 0 Å². The van der Waals surface area contributed by atoms with Crippen molar-refractivity contribution in [3.8, 4) is 0 Å². The van der Waals surface area contributed by atoms with Crippen LogP contribution in [0.1, 0.15) is 35.6 Å². The third-order valence-corrected chi connectivity index (χ3v) is 4.26. The molecule has 1 fully saturated rings. The summed E-state index contributed by atoms with van der Waals surface area (Å²) in [6.45, 7) is 6.78. The van der Waals surface area contributed by atoms with Gasteiger partial charge in [0.25, 0.3) is 0 Å². The Hall–Kier alpha value is -0.860. The molecule has 2 atom stereocenters. The Kier molecular flexibility index (Phi) is 4.41. The number of aryl methyl sites for hydroxylation is 2. The molecule has 1 N–H and O–H groups in total. The maximum Gasteiger partial charge on any atom is 0.0345 e. The summed E-state index contributed by atoms with van der Waals surface area (Å²) in [5, 5.41) is 3.47. The molecule has 0 saturated carbocycles. The van der Waals surface area contributed by atoms with Crippen molar-refractivity contribution in [2.24, 2.45) is 5.92 Å². The van der Waals surface area contributed by atoms with E-state index >= 15 is 0 Å². The maximum atomic E-state index is 3.47. The van der Waals surface area contributed by atoms with Crippen LogP contribution in [0.15, 0.2) is 18.2 Å². The predicted molar refractivity (Wildman–Crippen MR) is 77.9 cm³/mol. The molecule has 100 valence electrons. The van der Waals surface area contributed by atoms with Crippen molar-refractivity contribution in [3.63, 3.8) is 0 Å². The molecular weight excluding hydrogens is 220 g/mol. The summed E-state index contributed by atoms with van der Waals surface area (Å²) in [6.07, 6.45) is 2.59. The Balaban J connectivity index is 2.15. The monoisotopic (exact) mass is 246 g/mol. The van der Waals surface area contributed by atoms with Gasteiger partial charge in [-0.1, -0.05) is 18.2 Å². The van der Waals surface area contributed by atoms with E-state index in [0.29, 0.717) is 6.04 Å². The first kappa shape index (κ1) is 13.6. The van der Waals surface area contributed by atoms with Crippen molar-refractivity contribution < 1.29 is 0 Å². The minimum atomic E-state index is 0.550. The van der Waals surface area contributed by atoms with Crippen LogP contribution in [0, 0.1) is 19.8 Å². The van der Waals surface area contributed by atoms with E-state index in [2.05, 4.69) is 56.4 Å². The first-order chi connectivity index (χ1) is 8.58. The molecule has 1 aromatic rings. The topological polar surface area (TPSA) is 15.3 Å². The summed E-state index contributed by atoms with van der Waals surface area (Å²) in [5.41, 5.74) is 4.26. The Bertz CT molecular complexity index is 392. The smallest absolute Gasteiger partial charge is 0.0345 e. The molecule has 1 aliphatic rings. The molecular formula is C16H26N2. The molecule has 1 saturated heterocycles. The van der Waals surface area contributed by atoms with Gasteiger partial charge in [-0.25, -0.2) is 0 Å². The zero-order chi connectivity index (χ0) is 13.1. The fraction of sp³-hybridized carbons (Fsp3) is 0.625. The normalized spacial score (nSPS) is 21.5. The average Bonchev–Trinajstić information content (AvgIpc) is 2.82. The van der Waals surface area contributed by atoms with Crippen molar-refractivity contribution in [2.45, 2.75) is 32.7 Å². The molecule has 2 nitrogen and oxygen atoms in total. The van der Waals surface area contributed by atoms with Gasteiger partial charge >= 0.3 is 0 Å². The van der Waals surface area contributed by atoms with Crippen LogP contribution >= 0.6 is 0 Å². The van der Waals surface area contributed by atoms with Crippen molar-refractivity contribution in [1.29, 1.82) is 0 Å². The number of hydrogen-bond donors (Lipinski definition) is 1. The van der Waals surface area contributed by atoms with Gasteiger partial charge in [-0.15, -0.1) is 0 Å². The predicted octanol–water partition coefficient (Wildman–Crippen LogP) is 2.91. The molecule has 2 heteroatoms. The van der Waals surface area contributed by atoms with Crippen LogP contribution in [0.3, 0.4) is 0 Å². The fourth-order valence-corrected chi connectivity index (χ4v) is 2.85. The minimum absolute atomic E-state index is 0.550. The summed E-state index contributed by atoms with van der Waals surface area (Å²) in [6, 6.07) is 7.47. The van der Waals surface area contributed by atoms with Gasteiger partial charge in [-0.05, 0) is 76.5 Å². The van der Waals surface area contributed by atoms with E-state index in [-0.39, 0.29) is 0 Å². The standard InChI is InChI=1S/C16H26N2/c1-12-5-6-15(9-13(12)2)16(18(3)4)10-14-7-8-17-11-14/h5-6,9,14,16-17H,7-8,10-11H2,1-4H3. The fourth-order valence-electron chi connectivity index (χ4n) is 2.85. The second-order valence-corrected chi connectivity index (χ2v) is 5.92. The van der Waals surface area contributed by atoms with Gasteiger partial charge in [0, 0.05) is 6.04 Å². The second-order valence-electron chi connectivity index (χ2n) is 5.92. The van der Waals surface area contributed by atoms with Crippen LogP contribution in [-0.4, -0.2) is 32.1 Å². The third kappa shape index (κ3) is 3.12. The molecule has 0 radical (unpaired) electrons. The lowest BCUT2D eigenvalue weighted by molar-refractivity contribution is 0.253. The van der Waals surface area contributed by atoms with E-state index in [1.54, 1.807) is 0 Å². The lowest BCUT2D eigenvalue weighted by atomic mass is 9.92. The largest absolute Gasteiger partial charge is 0.316 e. The summed E-state index contributed by atoms with van der Waals surface area (Å²) >= 11 is 0. The van der Waals surface area contributed by atoms with E-state index in [9.17, 15) is 0 Å². The van der Waals surface area contributed by atoms with Crippen molar-refractivity contribution in [1.82, 2.24) is 10.2 Å². The molecule has 1 aliphatic heterocycles. The van der Waals surface area contributed by atoms with Crippen LogP contribution in [0.4, 0.5) is 0 Å². The maximum absolute atomic E-state index is 3.47. The average molecular weight is 246 g/mol. The lowest BCUT2D eigenvalue weighted by Crippen LogP contribution is -2.23. The van der Waals surface area contributed by atoms with Crippen LogP contribution < -0.4 is 5.32 Å². The van der Waals surface area contributed by atoms with Gasteiger partial charge < -0.3 is 10.2 Å². The second kappa shape index (κ2) is 5.85. The highest BCUT2D eigenvalue weighted by Crippen LogP contribution is 2.29. The highest BCUT2D eigenvalue weighted by atomic mass is 15.1.